The number of esters is 1. The maximum absolute atomic E-state index is 12.2. The van der Waals surface area contributed by atoms with Crippen LogP contribution in [0.3, 0.4) is 0 Å². The number of nitro benzene ring substituents is 1. The number of ether oxygens (including phenoxy) is 2. The third kappa shape index (κ3) is 7.73. The molecule has 3 aromatic carbocycles. The maximum Gasteiger partial charge on any atom is 0.343 e. The molecule has 7 heteroatoms. The lowest BCUT2D eigenvalue weighted by Crippen LogP contribution is -2.11. The van der Waals surface area contributed by atoms with Gasteiger partial charge in [0.1, 0.15) is 5.75 Å². The normalized spacial score (nSPS) is 10.6. The number of aliphatic hydroxyl groups excluding tert-OH is 1. The monoisotopic (exact) mass is 451 g/mol. The number of aliphatic hydroxyl groups is 1. The molecule has 33 heavy (non-hydrogen) atoms. The summed E-state index contributed by atoms with van der Waals surface area (Å²) < 4.78 is 11.0. The Morgan fingerprint density at radius 1 is 0.939 bits per heavy atom. The number of carbonyl (C=O) groups excluding carboxylic acids is 1. The van der Waals surface area contributed by atoms with E-state index in [2.05, 4.69) is 20.8 Å². The van der Waals surface area contributed by atoms with Crippen LogP contribution in [0.5, 0.6) is 11.5 Å². The number of carbonyl (C=O) groups is 1. The lowest BCUT2D eigenvalue weighted by atomic mass is 9.93. The molecule has 0 fully saturated rings. The highest BCUT2D eigenvalue weighted by Crippen LogP contribution is 2.33. The Hall–Kier alpha value is -3.71. The van der Waals surface area contributed by atoms with Crippen LogP contribution in [-0.2, 0) is 0 Å². The van der Waals surface area contributed by atoms with Crippen molar-refractivity contribution in [2.45, 2.75) is 27.2 Å². The molecule has 0 saturated heterocycles. The van der Waals surface area contributed by atoms with Crippen LogP contribution in [0, 0.1) is 15.5 Å². The van der Waals surface area contributed by atoms with E-state index in [0.717, 1.165) is 19.1 Å². The third-order valence-electron chi connectivity index (χ3n) is 4.67. The van der Waals surface area contributed by atoms with Crippen molar-refractivity contribution in [1.82, 2.24) is 0 Å². The van der Waals surface area contributed by atoms with Gasteiger partial charge in [0.05, 0.1) is 17.1 Å². The molecule has 0 amide bonds. The SMILES string of the molecule is CC(C)(C)CCOc1ccc(-c2ccc(OC(=O)c3ccccc3)cc2)cc1[N+](=O)[O-].CO. The summed E-state index contributed by atoms with van der Waals surface area (Å²) in [5, 5.41) is 18.5. The summed E-state index contributed by atoms with van der Waals surface area (Å²) in [6.07, 6.45) is 0.787. The van der Waals surface area contributed by atoms with Gasteiger partial charge in [-0.1, -0.05) is 57.2 Å². The van der Waals surface area contributed by atoms with Gasteiger partial charge in [-0.2, -0.15) is 0 Å². The van der Waals surface area contributed by atoms with Gasteiger partial charge >= 0.3 is 11.7 Å². The summed E-state index contributed by atoms with van der Waals surface area (Å²) in [7, 11) is 1.00. The quantitative estimate of drug-likeness (QED) is 0.208. The molecular formula is C26H29NO6. The molecule has 0 radical (unpaired) electrons. The summed E-state index contributed by atoms with van der Waals surface area (Å²) in [5.41, 5.74) is 1.91. The average Bonchev–Trinajstić information content (AvgIpc) is 2.81. The predicted octanol–water partition coefficient (Wildman–Crippen LogP) is 5.90. The van der Waals surface area contributed by atoms with Crippen LogP contribution >= 0.6 is 0 Å². The molecule has 0 bridgehead atoms. The molecule has 3 rings (SSSR count). The van der Waals surface area contributed by atoms with E-state index in [1.807, 2.05) is 6.07 Å². The van der Waals surface area contributed by atoms with Gasteiger partial charge in [0, 0.05) is 13.2 Å². The van der Waals surface area contributed by atoms with E-state index in [1.165, 1.54) is 6.07 Å². The van der Waals surface area contributed by atoms with E-state index in [-0.39, 0.29) is 16.9 Å². The highest BCUT2D eigenvalue weighted by molar-refractivity contribution is 5.91. The van der Waals surface area contributed by atoms with Crippen molar-refractivity contribution in [3.8, 4) is 22.6 Å². The van der Waals surface area contributed by atoms with E-state index in [1.54, 1.807) is 60.7 Å². The van der Waals surface area contributed by atoms with E-state index in [9.17, 15) is 14.9 Å². The second-order valence-corrected chi connectivity index (χ2v) is 8.38. The van der Waals surface area contributed by atoms with Crippen molar-refractivity contribution in [3.63, 3.8) is 0 Å². The molecule has 0 aliphatic carbocycles. The van der Waals surface area contributed by atoms with Crippen molar-refractivity contribution in [2.24, 2.45) is 5.41 Å². The molecule has 0 saturated carbocycles. The van der Waals surface area contributed by atoms with Crippen molar-refractivity contribution < 1.29 is 24.3 Å². The van der Waals surface area contributed by atoms with Crippen LogP contribution in [-0.4, -0.2) is 29.7 Å². The lowest BCUT2D eigenvalue weighted by Gasteiger charge is -2.18. The predicted molar refractivity (Wildman–Crippen MR) is 128 cm³/mol. The summed E-state index contributed by atoms with van der Waals surface area (Å²) in [5.74, 6) is 0.210. The molecule has 0 aromatic heterocycles. The van der Waals surface area contributed by atoms with Gasteiger partial charge in [0.25, 0.3) is 0 Å². The van der Waals surface area contributed by atoms with Crippen LogP contribution in [0.4, 0.5) is 5.69 Å². The molecular weight excluding hydrogens is 422 g/mol. The van der Waals surface area contributed by atoms with Gasteiger partial charge in [-0.15, -0.1) is 0 Å². The maximum atomic E-state index is 12.2. The highest BCUT2D eigenvalue weighted by atomic mass is 16.6. The Kier molecular flexibility index (Phi) is 9.12. The molecule has 0 atom stereocenters. The number of rotatable bonds is 7. The molecule has 3 aromatic rings. The zero-order chi connectivity index (χ0) is 24.4. The molecule has 7 nitrogen and oxygen atoms in total. The van der Waals surface area contributed by atoms with Crippen LogP contribution in [0.1, 0.15) is 37.6 Å². The number of nitrogens with zero attached hydrogens (tertiary/aromatic N) is 1. The fraction of sp³-hybridized carbons (Fsp3) is 0.269. The van der Waals surface area contributed by atoms with Crippen molar-refractivity contribution in [1.29, 1.82) is 0 Å². The van der Waals surface area contributed by atoms with Crippen molar-refractivity contribution in [2.75, 3.05) is 13.7 Å². The summed E-state index contributed by atoms with van der Waals surface area (Å²) in [4.78, 5) is 23.3. The van der Waals surface area contributed by atoms with E-state index < -0.39 is 10.9 Å². The number of hydrogen-bond acceptors (Lipinski definition) is 6. The second-order valence-electron chi connectivity index (χ2n) is 8.38. The number of benzene rings is 3. The first-order valence-electron chi connectivity index (χ1n) is 10.5. The minimum Gasteiger partial charge on any atom is -0.487 e. The minimum atomic E-state index is -0.444. The Labute approximate surface area is 193 Å². The average molecular weight is 452 g/mol. The highest BCUT2D eigenvalue weighted by Gasteiger charge is 2.18. The molecule has 0 aliphatic heterocycles. The first kappa shape index (κ1) is 25.5. The Morgan fingerprint density at radius 2 is 1.55 bits per heavy atom. The topological polar surface area (TPSA) is 98.9 Å². The van der Waals surface area contributed by atoms with Gasteiger partial charge < -0.3 is 14.6 Å². The summed E-state index contributed by atoms with van der Waals surface area (Å²) in [6.45, 7) is 6.68. The van der Waals surface area contributed by atoms with Gasteiger partial charge in [-0.25, -0.2) is 4.79 Å². The largest absolute Gasteiger partial charge is 0.487 e. The fourth-order valence-corrected chi connectivity index (χ4v) is 2.88. The smallest absolute Gasteiger partial charge is 0.343 e. The first-order chi connectivity index (χ1) is 15.7. The Morgan fingerprint density at radius 3 is 2.12 bits per heavy atom. The zero-order valence-corrected chi connectivity index (χ0v) is 19.3. The van der Waals surface area contributed by atoms with Crippen LogP contribution in [0.25, 0.3) is 11.1 Å². The van der Waals surface area contributed by atoms with E-state index in [0.29, 0.717) is 23.5 Å². The molecule has 1 N–H and O–H groups in total. The van der Waals surface area contributed by atoms with Gasteiger partial charge in [0.15, 0.2) is 5.75 Å². The molecule has 174 valence electrons. The van der Waals surface area contributed by atoms with Gasteiger partial charge in [-0.3, -0.25) is 10.1 Å². The van der Waals surface area contributed by atoms with E-state index in [4.69, 9.17) is 14.6 Å². The van der Waals surface area contributed by atoms with E-state index >= 15 is 0 Å². The Bertz CT molecular complexity index is 1060. The van der Waals surface area contributed by atoms with Gasteiger partial charge in [0.2, 0.25) is 0 Å². The second kappa shape index (κ2) is 11.8. The van der Waals surface area contributed by atoms with Crippen molar-refractivity contribution >= 4 is 11.7 Å². The number of hydrogen-bond donors (Lipinski definition) is 1. The van der Waals surface area contributed by atoms with Crippen molar-refractivity contribution in [3.05, 3.63) is 88.5 Å². The standard InChI is InChI=1S/C25H25NO5.CH4O/c1-25(2,3)15-16-30-23-14-11-20(17-22(23)26(28)29)18-9-12-21(13-10-18)31-24(27)19-7-5-4-6-8-19;1-2/h4-14,17H,15-16H2,1-3H3;2H,1H3. The minimum absolute atomic E-state index is 0.0778. The Balaban J connectivity index is 0.00000187. The third-order valence-corrected chi connectivity index (χ3v) is 4.67. The first-order valence-corrected chi connectivity index (χ1v) is 10.5. The zero-order valence-electron chi connectivity index (χ0n) is 19.3. The molecule has 0 aliphatic rings. The van der Waals surface area contributed by atoms with Crippen LogP contribution < -0.4 is 9.47 Å². The van der Waals surface area contributed by atoms with Gasteiger partial charge in [-0.05, 0) is 53.3 Å². The summed E-state index contributed by atoms with van der Waals surface area (Å²) in [6, 6.07) is 20.5. The molecule has 0 heterocycles. The lowest BCUT2D eigenvalue weighted by molar-refractivity contribution is -0.385. The van der Waals surface area contributed by atoms with Crippen LogP contribution in [0.15, 0.2) is 72.8 Å². The molecule has 0 unspecified atom stereocenters. The number of nitro groups is 1. The summed E-state index contributed by atoms with van der Waals surface area (Å²) >= 11 is 0. The fourth-order valence-electron chi connectivity index (χ4n) is 2.88. The van der Waals surface area contributed by atoms with Crippen LogP contribution in [0.2, 0.25) is 0 Å². The molecule has 0 spiro atoms.